The van der Waals surface area contributed by atoms with E-state index in [1.54, 1.807) is 26.3 Å². The maximum Gasteiger partial charge on any atom is 0.230 e. The molecule has 1 fully saturated rings. The summed E-state index contributed by atoms with van der Waals surface area (Å²) < 4.78 is 10.6. The Morgan fingerprint density at radius 3 is 2.92 bits per heavy atom. The lowest BCUT2D eigenvalue weighted by atomic mass is 10.2. The summed E-state index contributed by atoms with van der Waals surface area (Å²) in [5.41, 5.74) is 0. The van der Waals surface area contributed by atoms with Gasteiger partial charge in [-0.25, -0.2) is 4.98 Å². The molecule has 0 aliphatic carbocycles. The average Bonchev–Trinajstić information content (AvgIpc) is 3.18. The highest BCUT2D eigenvalue weighted by Crippen LogP contribution is 2.23. The van der Waals surface area contributed by atoms with E-state index in [4.69, 9.17) is 9.15 Å². The third kappa shape index (κ3) is 3.46. The fourth-order valence-corrected chi connectivity index (χ4v) is 2.93. The average molecular weight is 334 g/mol. The van der Waals surface area contributed by atoms with Crippen molar-refractivity contribution in [3.8, 4) is 5.88 Å². The lowest BCUT2D eigenvalue weighted by Gasteiger charge is -2.27. The van der Waals surface area contributed by atoms with Gasteiger partial charge >= 0.3 is 0 Å². The minimum atomic E-state index is -0.510. The van der Waals surface area contributed by atoms with Crippen LogP contribution in [0.1, 0.15) is 18.7 Å². The number of nitrogens with zero attached hydrogens (tertiary/aromatic N) is 6. The van der Waals surface area contributed by atoms with Crippen LogP contribution in [0.2, 0.25) is 0 Å². The SMILES string of the molecule is CCN(Cc1nnc(C)o1)C1CN(c2nccc(OC)n2)C[C@H]1O. The van der Waals surface area contributed by atoms with Gasteiger partial charge in [-0.1, -0.05) is 6.92 Å². The zero-order valence-electron chi connectivity index (χ0n) is 14.1. The molecule has 1 saturated heterocycles. The Morgan fingerprint density at radius 2 is 2.25 bits per heavy atom. The van der Waals surface area contributed by atoms with E-state index >= 15 is 0 Å². The molecule has 1 N–H and O–H groups in total. The molecule has 24 heavy (non-hydrogen) atoms. The zero-order chi connectivity index (χ0) is 17.1. The molecular weight excluding hydrogens is 312 g/mol. The molecule has 0 saturated carbocycles. The van der Waals surface area contributed by atoms with Gasteiger partial charge < -0.3 is 19.2 Å². The molecule has 9 nitrogen and oxygen atoms in total. The Labute approximate surface area is 140 Å². The molecule has 0 aromatic carbocycles. The molecule has 1 aliphatic rings. The molecule has 3 rings (SSSR count). The molecule has 0 bridgehead atoms. The minimum absolute atomic E-state index is 0.0583. The van der Waals surface area contributed by atoms with Gasteiger partial charge in [0.25, 0.3) is 0 Å². The molecule has 9 heteroatoms. The number of hydrogen-bond donors (Lipinski definition) is 1. The highest BCUT2D eigenvalue weighted by atomic mass is 16.5. The van der Waals surface area contributed by atoms with Gasteiger partial charge in [-0.15, -0.1) is 10.2 Å². The lowest BCUT2D eigenvalue weighted by molar-refractivity contribution is 0.0761. The Morgan fingerprint density at radius 1 is 1.42 bits per heavy atom. The standard InChI is InChI=1S/C15H22N6O3/c1-4-20(9-14-19-18-10(2)24-14)11-7-21(8-12(11)22)15-16-6-5-13(17-15)23-3/h5-6,11-12,22H,4,7-9H2,1-3H3/t11?,12-/m1/s1. The predicted molar refractivity (Wildman–Crippen MR) is 85.7 cm³/mol. The number of aromatic nitrogens is 4. The largest absolute Gasteiger partial charge is 0.481 e. The van der Waals surface area contributed by atoms with Crippen LogP contribution in [0, 0.1) is 6.92 Å². The third-order valence-corrected chi connectivity index (χ3v) is 4.15. The number of methoxy groups -OCH3 is 1. The monoisotopic (exact) mass is 334 g/mol. The fraction of sp³-hybridized carbons (Fsp3) is 0.600. The Hall–Kier alpha value is -2.26. The zero-order valence-corrected chi connectivity index (χ0v) is 14.1. The normalized spacial score (nSPS) is 20.8. The Kier molecular flexibility index (Phi) is 4.91. The van der Waals surface area contributed by atoms with Crippen LogP contribution in [0.4, 0.5) is 5.95 Å². The van der Waals surface area contributed by atoms with Crippen LogP contribution < -0.4 is 9.64 Å². The number of rotatable bonds is 6. The smallest absolute Gasteiger partial charge is 0.230 e. The van der Waals surface area contributed by atoms with Crippen LogP contribution >= 0.6 is 0 Å². The van der Waals surface area contributed by atoms with Crippen LogP contribution in [-0.2, 0) is 6.54 Å². The van der Waals surface area contributed by atoms with Crippen molar-refractivity contribution in [2.45, 2.75) is 32.5 Å². The van der Waals surface area contributed by atoms with Crippen molar-refractivity contribution < 1.29 is 14.3 Å². The maximum absolute atomic E-state index is 10.5. The molecule has 130 valence electrons. The van der Waals surface area contributed by atoms with Gasteiger partial charge in [0.1, 0.15) is 0 Å². The van der Waals surface area contributed by atoms with Crippen molar-refractivity contribution in [2.75, 3.05) is 31.6 Å². The van der Waals surface area contributed by atoms with Crippen LogP contribution in [0.3, 0.4) is 0 Å². The molecule has 2 atom stereocenters. The summed E-state index contributed by atoms with van der Waals surface area (Å²) in [7, 11) is 1.57. The van der Waals surface area contributed by atoms with Gasteiger partial charge in [0.2, 0.25) is 23.6 Å². The quantitative estimate of drug-likeness (QED) is 0.796. The molecule has 1 aliphatic heterocycles. The van der Waals surface area contributed by atoms with E-state index in [-0.39, 0.29) is 6.04 Å². The van der Waals surface area contributed by atoms with E-state index in [1.807, 2.05) is 11.8 Å². The predicted octanol–water partition coefficient (Wildman–Crippen LogP) is 0.248. The molecule has 0 radical (unpaired) electrons. The molecule has 2 aromatic heterocycles. The van der Waals surface area contributed by atoms with Crippen molar-refractivity contribution in [1.82, 2.24) is 25.1 Å². The Balaban J connectivity index is 1.71. The third-order valence-electron chi connectivity index (χ3n) is 4.15. The first-order valence-electron chi connectivity index (χ1n) is 7.93. The van der Waals surface area contributed by atoms with Crippen LogP contribution in [0.5, 0.6) is 5.88 Å². The Bertz CT molecular complexity index is 679. The van der Waals surface area contributed by atoms with Crippen LogP contribution in [-0.4, -0.2) is 69.1 Å². The van der Waals surface area contributed by atoms with Crippen molar-refractivity contribution in [1.29, 1.82) is 0 Å². The molecule has 1 unspecified atom stereocenters. The first-order valence-corrected chi connectivity index (χ1v) is 7.93. The molecule has 3 heterocycles. The van der Waals surface area contributed by atoms with Crippen molar-refractivity contribution in [3.63, 3.8) is 0 Å². The van der Waals surface area contributed by atoms with Gasteiger partial charge in [-0.05, 0) is 6.54 Å². The second-order valence-corrected chi connectivity index (χ2v) is 5.72. The lowest BCUT2D eigenvalue weighted by Crippen LogP contribution is -2.42. The summed E-state index contributed by atoms with van der Waals surface area (Å²) in [4.78, 5) is 12.7. The van der Waals surface area contributed by atoms with E-state index in [2.05, 4.69) is 25.1 Å². The van der Waals surface area contributed by atoms with E-state index in [0.29, 0.717) is 43.2 Å². The molecular formula is C15H22N6O3. The number of aliphatic hydroxyl groups is 1. The number of hydrogen-bond acceptors (Lipinski definition) is 9. The second kappa shape index (κ2) is 7.10. The van der Waals surface area contributed by atoms with Gasteiger partial charge in [0, 0.05) is 32.3 Å². The number of aliphatic hydroxyl groups excluding tert-OH is 1. The van der Waals surface area contributed by atoms with Gasteiger partial charge in [0.15, 0.2) is 0 Å². The fourth-order valence-electron chi connectivity index (χ4n) is 2.93. The van der Waals surface area contributed by atoms with E-state index in [0.717, 1.165) is 6.54 Å². The summed E-state index contributed by atoms with van der Waals surface area (Å²) in [6, 6.07) is 1.64. The summed E-state index contributed by atoms with van der Waals surface area (Å²) in [5.74, 6) is 2.16. The topological polar surface area (TPSA) is 101 Å². The second-order valence-electron chi connectivity index (χ2n) is 5.72. The number of aryl methyl sites for hydroxylation is 1. The van der Waals surface area contributed by atoms with Crippen LogP contribution in [0.25, 0.3) is 0 Å². The summed E-state index contributed by atoms with van der Waals surface area (Å²) in [6.45, 7) is 6.16. The summed E-state index contributed by atoms with van der Waals surface area (Å²) >= 11 is 0. The van der Waals surface area contributed by atoms with E-state index in [9.17, 15) is 5.11 Å². The summed E-state index contributed by atoms with van der Waals surface area (Å²) in [6.07, 6.45) is 1.14. The van der Waals surface area contributed by atoms with Gasteiger partial charge in [0.05, 0.1) is 25.8 Å². The van der Waals surface area contributed by atoms with Crippen LogP contribution in [0.15, 0.2) is 16.7 Å². The van der Waals surface area contributed by atoms with Crippen molar-refractivity contribution >= 4 is 5.95 Å². The number of β-amino-alcohol motifs (C(OH)–C–C–N with tert-alkyl or cyclic N) is 1. The van der Waals surface area contributed by atoms with Gasteiger partial charge in [-0.3, -0.25) is 4.90 Å². The number of anilines is 1. The summed E-state index contributed by atoms with van der Waals surface area (Å²) in [5, 5.41) is 18.4. The molecule has 0 spiro atoms. The van der Waals surface area contributed by atoms with Crippen molar-refractivity contribution in [3.05, 3.63) is 24.0 Å². The molecule has 0 amide bonds. The highest BCUT2D eigenvalue weighted by molar-refractivity contribution is 5.35. The van der Waals surface area contributed by atoms with Gasteiger partial charge in [-0.2, -0.15) is 4.98 Å². The maximum atomic E-state index is 10.5. The van der Waals surface area contributed by atoms with E-state index < -0.39 is 6.10 Å². The number of likely N-dealkylation sites (N-methyl/N-ethyl adjacent to an activating group) is 1. The van der Waals surface area contributed by atoms with Crippen molar-refractivity contribution in [2.24, 2.45) is 0 Å². The van der Waals surface area contributed by atoms with E-state index in [1.165, 1.54) is 0 Å². The highest BCUT2D eigenvalue weighted by Gasteiger charge is 2.36. The number of ether oxygens (including phenoxy) is 1. The molecule has 2 aromatic rings. The first kappa shape index (κ1) is 16.6. The first-order chi connectivity index (χ1) is 11.6. The minimum Gasteiger partial charge on any atom is -0.481 e.